The summed E-state index contributed by atoms with van der Waals surface area (Å²) in [5.41, 5.74) is 2.29. The zero-order valence-electron chi connectivity index (χ0n) is 15.4. The number of nitrogens with zero attached hydrogens (tertiary/aromatic N) is 2. The third-order valence-electron chi connectivity index (χ3n) is 4.40. The molecule has 0 bridgehead atoms. The fourth-order valence-corrected chi connectivity index (χ4v) is 4.26. The van der Waals surface area contributed by atoms with E-state index in [4.69, 9.17) is 23.2 Å². The van der Waals surface area contributed by atoms with Gasteiger partial charge in [-0.1, -0.05) is 47.5 Å². The van der Waals surface area contributed by atoms with Crippen LogP contribution in [0.5, 0.6) is 0 Å². The van der Waals surface area contributed by atoms with Crippen LogP contribution in [0.4, 0.5) is 0 Å². The predicted octanol–water partition coefficient (Wildman–Crippen LogP) is 6.80. The number of benzene rings is 2. The summed E-state index contributed by atoms with van der Waals surface area (Å²) < 4.78 is 1.80. The molecule has 2 aromatic carbocycles. The van der Waals surface area contributed by atoms with Crippen molar-refractivity contribution in [3.8, 4) is 26.7 Å². The molecule has 28 heavy (non-hydrogen) atoms. The Morgan fingerprint density at radius 2 is 1.61 bits per heavy atom. The largest absolute Gasteiger partial charge is 0.384 e. The first kappa shape index (κ1) is 19.2. The molecule has 0 amide bonds. The molecule has 0 aliphatic rings. The molecule has 0 aliphatic heterocycles. The number of aliphatic hydroxyl groups is 1. The van der Waals surface area contributed by atoms with Crippen LogP contribution in [0.2, 0.25) is 10.0 Å². The monoisotopic (exact) mass is 428 g/mol. The Morgan fingerprint density at radius 1 is 0.929 bits per heavy atom. The molecule has 0 aliphatic carbocycles. The Bertz CT molecular complexity index is 1120. The van der Waals surface area contributed by atoms with Gasteiger partial charge in [-0.05, 0) is 61.9 Å². The van der Waals surface area contributed by atoms with Gasteiger partial charge in [-0.25, -0.2) is 4.68 Å². The van der Waals surface area contributed by atoms with E-state index < -0.39 is 5.60 Å². The highest BCUT2D eigenvalue weighted by atomic mass is 35.5. The van der Waals surface area contributed by atoms with Gasteiger partial charge in [0.1, 0.15) is 5.60 Å². The maximum atomic E-state index is 10.5. The Morgan fingerprint density at radius 3 is 2.29 bits per heavy atom. The molecule has 4 aromatic rings. The Labute approximate surface area is 177 Å². The third kappa shape index (κ3) is 3.74. The second-order valence-electron chi connectivity index (χ2n) is 7.01. The number of thiophene rings is 1. The quantitative estimate of drug-likeness (QED) is 0.387. The highest BCUT2D eigenvalue weighted by molar-refractivity contribution is 7.18. The van der Waals surface area contributed by atoms with E-state index in [9.17, 15) is 5.11 Å². The van der Waals surface area contributed by atoms with Gasteiger partial charge in [0.05, 0.1) is 27.0 Å². The standard InChI is InChI=1S/C22H18Cl2N2OS/c1-22(2,27)21-13-18(26(25-21)17-6-4-3-5-16(17)24)20-12-11-19(28-20)14-7-9-15(23)10-8-14/h3-13,27H,1-2H3. The van der Waals surface area contributed by atoms with Gasteiger partial charge in [0.25, 0.3) is 0 Å². The Hall–Kier alpha value is -2.11. The van der Waals surface area contributed by atoms with Gasteiger partial charge in [0.2, 0.25) is 0 Å². The molecule has 0 saturated heterocycles. The average molecular weight is 429 g/mol. The second-order valence-corrected chi connectivity index (χ2v) is 8.94. The van der Waals surface area contributed by atoms with Gasteiger partial charge in [-0.15, -0.1) is 11.3 Å². The summed E-state index contributed by atoms with van der Waals surface area (Å²) in [6.07, 6.45) is 0. The first-order valence-electron chi connectivity index (χ1n) is 8.77. The summed E-state index contributed by atoms with van der Waals surface area (Å²) in [4.78, 5) is 2.16. The maximum Gasteiger partial charge on any atom is 0.103 e. The van der Waals surface area contributed by atoms with Gasteiger partial charge in [0.15, 0.2) is 0 Å². The molecule has 0 atom stereocenters. The van der Waals surface area contributed by atoms with Gasteiger partial charge >= 0.3 is 0 Å². The summed E-state index contributed by atoms with van der Waals surface area (Å²) in [7, 11) is 0. The first-order chi connectivity index (χ1) is 13.3. The van der Waals surface area contributed by atoms with E-state index in [0.29, 0.717) is 15.7 Å². The van der Waals surface area contributed by atoms with Crippen molar-refractivity contribution >= 4 is 34.5 Å². The van der Waals surface area contributed by atoms with Crippen molar-refractivity contribution in [3.05, 3.63) is 82.5 Å². The van der Waals surface area contributed by atoms with Crippen molar-refractivity contribution in [2.45, 2.75) is 19.4 Å². The molecule has 1 N–H and O–H groups in total. The highest BCUT2D eigenvalue weighted by Crippen LogP contribution is 2.38. The molecule has 0 saturated carbocycles. The zero-order valence-corrected chi connectivity index (χ0v) is 17.7. The number of hydrogen-bond acceptors (Lipinski definition) is 3. The van der Waals surface area contributed by atoms with Crippen LogP contribution >= 0.6 is 34.5 Å². The molecule has 142 valence electrons. The van der Waals surface area contributed by atoms with Crippen LogP contribution in [0.25, 0.3) is 26.7 Å². The average Bonchev–Trinajstić information content (AvgIpc) is 3.29. The molecular weight excluding hydrogens is 411 g/mol. The molecule has 0 spiro atoms. The zero-order chi connectivity index (χ0) is 19.9. The summed E-state index contributed by atoms with van der Waals surface area (Å²) in [6.45, 7) is 3.45. The maximum absolute atomic E-state index is 10.5. The van der Waals surface area contributed by atoms with Crippen LogP contribution in [0.3, 0.4) is 0 Å². The minimum atomic E-state index is -1.06. The van der Waals surface area contributed by atoms with Crippen LogP contribution < -0.4 is 0 Å². The van der Waals surface area contributed by atoms with Crippen molar-refractivity contribution in [3.63, 3.8) is 0 Å². The van der Waals surface area contributed by atoms with Crippen molar-refractivity contribution in [2.24, 2.45) is 0 Å². The van der Waals surface area contributed by atoms with Crippen LogP contribution in [0, 0.1) is 0 Å². The van der Waals surface area contributed by atoms with E-state index >= 15 is 0 Å². The number of para-hydroxylation sites is 1. The van der Waals surface area contributed by atoms with E-state index in [2.05, 4.69) is 17.2 Å². The van der Waals surface area contributed by atoms with Crippen LogP contribution in [0.1, 0.15) is 19.5 Å². The normalized spacial score (nSPS) is 11.8. The second kappa shape index (κ2) is 7.37. The lowest BCUT2D eigenvalue weighted by molar-refractivity contribution is 0.0734. The molecule has 0 radical (unpaired) electrons. The lowest BCUT2D eigenvalue weighted by Crippen LogP contribution is -2.16. The summed E-state index contributed by atoms with van der Waals surface area (Å²) in [5, 5.41) is 16.5. The van der Waals surface area contributed by atoms with Gasteiger partial charge in [-0.2, -0.15) is 5.10 Å². The van der Waals surface area contributed by atoms with E-state index in [0.717, 1.165) is 26.7 Å². The van der Waals surface area contributed by atoms with Crippen LogP contribution in [-0.4, -0.2) is 14.9 Å². The minimum Gasteiger partial charge on any atom is -0.384 e. The fraction of sp³-hybridized carbons (Fsp3) is 0.136. The summed E-state index contributed by atoms with van der Waals surface area (Å²) in [6, 6.07) is 21.4. The van der Waals surface area contributed by atoms with Crippen molar-refractivity contribution in [2.75, 3.05) is 0 Å². The van der Waals surface area contributed by atoms with Gasteiger partial charge in [-0.3, -0.25) is 0 Å². The molecule has 4 rings (SSSR count). The van der Waals surface area contributed by atoms with Crippen molar-refractivity contribution in [1.82, 2.24) is 9.78 Å². The minimum absolute atomic E-state index is 0.587. The molecular formula is C22H18Cl2N2OS. The third-order valence-corrected chi connectivity index (χ3v) is 6.13. The molecule has 3 nitrogen and oxygen atoms in total. The Balaban J connectivity index is 1.84. The van der Waals surface area contributed by atoms with Crippen LogP contribution in [0.15, 0.2) is 66.7 Å². The van der Waals surface area contributed by atoms with E-state index in [1.54, 1.807) is 29.9 Å². The number of rotatable bonds is 4. The van der Waals surface area contributed by atoms with Gasteiger partial charge < -0.3 is 5.11 Å². The van der Waals surface area contributed by atoms with E-state index in [1.807, 2.05) is 54.6 Å². The fourth-order valence-electron chi connectivity index (χ4n) is 2.91. The molecule has 6 heteroatoms. The molecule has 2 aromatic heterocycles. The smallest absolute Gasteiger partial charge is 0.103 e. The number of halogens is 2. The van der Waals surface area contributed by atoms with E-state index in [-0.39, 0.29) is 0 Å². The van der Waals surface area contributed by atoms with Gasteiger partial charge in [0, 0.05) is 9.90 Å². The predicted molar refractivity (Wildman–Crippen MR) is 118 cm³/mol. The Kier molecular flexibility index (Phi) is 5.06. The van der Waals surface area contributed by atoms with Crippen LogP contribution in [-0.2, 0) is 5.60 Å². The molecule has 0 unspecified atom stereocenters. The van der Waals surface area contributed by atoms with Crippen molar-refractivity contribution < 1.29 is 5.11 Å². The number of hydrogen-bond donors (Lipinski definition) is 1. The molecule has 0 fully saturated rings. The summed E-state index contributed by atoms with van der Waals surface area (Å²) >= 11 is 14.1. The summed E-state index contributed by atoms with van der Waals surface area (Å²) in [5.74, 6) is 0. The topological polar surface area (TPSA) is 38.0 Å². The molecule has 2 heterocycles. The van der Waals surface area contributed by atoms with Crippen molar-refractivity contribution in [1.29, 1.82) is 0 Å². The first-order valence-corrected chi connectivity index (χ1v) is 10.3. The SMILES string of the molecule is CC(C)(O)c1cc(-c2ccc(-c3ccc(Cl)cc3)s2)n(-c2ccccc2Cl)n1. The number of aromatic nitrogens is 2. The lowest BCUT2D eigenvalue weighted by atomic mass is 10.1. The van der Waals surface area contributed by atoms with E-state index in [1.165, 1.54) is 0 Å². The lowest BCUT2D eigenvalue weighted by Gasteiger charge is -2.13. The highest BCUT2D eigenvalue weighted by Gasteiger charge is 2.24.